The van der Waals surface area contributed by atoms with Crippen molar-refractivity contribution in [1.29, 1.82) is 0 Å². The largest absolute Gasteiger partial charge is 0.449 e. The summed E-state index contributed by atoms with van der Waals surface area (Å²) >= 11 is 0. The quantitative estimate of drug-likeness (QED) is 0.713. The molecule has 0 spiro atoms. The lowest BCUT2D eigenvalue weighted by Crippen LogP contribution is -2.13. The van der Waals surface area contributed by atoms with Crippen molar-refractivity contribution in [3.63, 3.8) is 0 Å². The number of esters is 1. The molecule has 0 saturated carbocycles. The van der Waals surface area contributed by atoms with Crippen LogP contribution in [0.15, 0.2) is 59.4 Å². The zero-order valence-corrected chi connectivity index (χ0v) is 11.5. The Balaban J connectivity index is 1.91. The Morgan fingerprint density at radius 3 is 2.41 bits per heavy atom. The number of aromatic nitrogens is 2. The normalized spacial score (nSPS) is 16.4. The number of carbonyl (C=O) groups excluding carboxylic acids is 1. The van der Waals surface area contributed by atoms with Gasteiger partial charge in [0.05, 0.1) is 16.8 Å². The number of hydrogen-bond donors (Lipinski definition) is 2. The van der Waals surface area contributed by atoms with Crippen LogP contribution < -0.4 is 5.56 Å². The van der Waals surface area contributed by atoms with Crippen molar-refractivity contribution in [1.82, 2.24) is 10.2 Å². The predicted octanol–water partition coefficient (Wildman–Crippen LogP) is 2.63. The van der Waals surface area contributed by atoms with Crippen LogP contribution in [0.25, 0.3) is 11.3 Å². The highest BCUT2D eigenvalue weighted by Gasteiger charge is 2.35. The molecule has 0 bridgehead atoms. The molecule has 0 amide bonds. The average molecular weight is 292 g/mol. The Morgan fingerprint density at radius 2 is 1.59 bits per heavy atom. The zero-order chi connectivity index (χ0) is 15.1. The minimum absolute atomic E-state index is 0.284. The van der Waals surface area contributed by atoms with Crippen LogP contribution in [0.2, 0.25) is 0 Å². The molecule has 2 aromatic carbocycles. The molecule has 1 atom stereocenters. The molecule has 0 aliphatic carbocycles. The van der Waals surface area contributed by atoms with E-state index in [2.05, 4.69) is 10.2 Å². The van der Waals surface area contributed by atoms with Gasteiger partial charge in [-0.05, 0) is 6.07 Å². The number of rotatable bonds is 2. The minimum Gasteiger partial charge on any atom is -0.449 e. The van der Waals surface area contributed by atoms with Crippen LogP contribution in [0.5, 0.6) is 0 Å². The zero-order valence-electron chi connectivity index (χ0n) is 11.5. The number of H-pyrrole nitrogens is 2. The highest BCUT2D eigenvalue weighted by molar-refractivity contribution is 5.94. The molecule has 2 N–H and O–H groups in total. The Morgan fingerprint density at radius 1 is 0.864 bits per heavy atom. The minimum atomic E-state index is -0.686. The van der Waals surface area contributed by atoms with Crippen LogP contribution in [0.1, 0.15) is 27.6 Å². The lowest BCUT2D eigenvalue weighted by atomic mass is 9.97. The van der Waals surface area contributed by atoms with Gasteiger partial charge in [0, 0.05) is 11.1 Å². The van der Waals surface area contributed by atoms with Crippen LogP contribution in [0, 0.1) is 0 Å². The van der Waals surface area contributed by atoms with Gasteiger partial charge >= 0.3 is 5.97 Å². The molecular formula is C17H12N2O3. The Labute approximate surface area is 125 Å². The Kier molecular flexibility index (Phi) is 2.72. The number of carbonyl (C=O) groups is 1. The summed E-state index contributed by atoms with van der Waals surface area (Å²) in [6, 6.07) is 16.6. The lowest BCUT2D eigenvalue weighted by molar-refractivity contribution is 0.0455. The van der Waals surface area contributed by atoms with Gasteiger partial charge in [-0.1, -0.05) is 48.5 Å². The van der Waals surface area contributed by atoms with Crippen LogP contribution >= 0.6 is 0 Å². The second kappa shape index (κ2) is 4.73. The molecule has 0 saturated heterocycles. The van der Waals surface area contributed by atoms with Crippen LogP contribution in [0.3, 0.4) is 0 Å². The predicted molar refractivity (Wildman–Crippen MR) is 80.5 cm³/mol. The number of hydrogen-bond acceptors (Lipinski definition) is 3. The summed E-state index contributed by atoms with van der Waals surface area (Å²) in [7, 11) is 0. The van der Waals surface area contributed by atoms with Crippen LogP contribution in [-0.4, -0.2) is 16.2 Å². The summed E-state index contributed by atoms with van der Waals surface area (Å²) in [6.45, 7) is 0. The monoisotopic (exact) mass is 292 g/mol. The molecule has 108 valence electrons. The lowest BCUT2D eigenvalue weighted by Gasteiger charge is -2.10. The second-order valence-corrected chi connectivity index (χ2v) is 5.11. The maximum Gasteiger partial charge on any atom is 0.339 e. The van der Waals surface area contributed by atoms with Crippen molar-refractivity contribution in [2.75, 3.05) is 0 Å². The fourth-order valence-corrected chi connectivity index (χ4v) is 2.81. The van der Waals surface area contributed by atoms with Gasteiger partial charge in [-0.25, -0.2) is 4.79 Å². The maximum absolute atomic E-state index is 12.2. The number of ether oxygens (including phenoxy) is 1. The highest BCUT2D eigenvalue weighted by Crippen LogP contribution is 2.37. The van der Waals surface area contributed by atoms with E-state index in [-0.39, 0.29) is 5.56 Å². The first-order valence-corrected chi connectivity index (χ1v) is 6.91. The molecule has 0 radical (unpaired) electrons. The van der Waals surface area contributed by atoms with Crippen molar-refractivity contribution < 1.29 is 9.53 Å². The maximum atomic E-state index is 12.2. The molecule has 22 heavy (non-hydrogen) atoms. The van der Waals surface area contributed by atoms with E-state index in [4.69, 9.17) is 4.74 Å². The summed E-state index contributed by atoms with van der Waals surface area (Å²) in [6.07, 6.45) is -0.686. The van der Waals surface area contributed by atoms with E-state index < -0.39 is 12.1 Å². The van der Waals surface area contributed by atoms with Gasteiger partial charge < -0.3 is 4.74 Å². The van der Waals surface area contributed by atoms with Crippen molar-refractivity contribution in [2.45, 2.75) is 6.10 Å². The van der Waals surface area contributed by atoms with Crippen molar-refractivity contribution in [3.8, 4) is 11.3 Å². The van der Waals surface area contributed by atoms with E-state index in [1.165, 1.54) is 0 Å². The summed E-state index contributed by atoms with van der Waals surface area (Å²) in [5, 5.41) is 5.47. The van der Waals surface area contributed by atoms with Gasteiger partial charge in [-0.2, -0.15) is 0 Å². The van der Waals surface area contributed by atoms with Crippen LogP contribution in [0.4, 0.5) is 0 Å². The van der Waals surface area contributed by atoms with E-state index in [1.54, 1.807) is 12.1 Å². The third-order valence-electron chi connectivity index (χ3n) is 3.83. The number of cyclic esters (lactones) is 1. The van der Waals surface area contributed by atoms with E-state index in [0.29, 0.717) is 16.8 Å². The third kappa shape index (κ3) is 1.79. The van der Waals surface area contributed by atoms with Crippen molar-refractivity contribution in [3.05, 3.63) is 81.6 Å². The van der Waals surface area contributed by atoms with E-state index >= 15 is 0 Å². The molecular weight excluding hydrogens is 280 g/mol. The molecule has 1 aliphatic heterocycles. The van der Waals surface area contributed by atoms with Gasteiger partial charge in [0.15, 0.2) is 6.10 Å². The van der Waals surface area contributed by atoms with E-state index in [9.17, 15) is 9.59 Å². The van der Waals surface area contributed by atoms with Crippen molar-refractivity contribution >= 4 is 5.97 Å². The SMILES string of the molecule is O=C1OC(c2c(-c3ccccc3)[nH][nH]c2=O)c2ccccc21. The molecule has 0 fully saturated rings. The summed E-state index contributed by atoms with van der Waals surface area (Å²) in [5.74, 6) is -0.403. The number of benzene rings is 2. The van der Waals surface area contributed by atoms with E-state index in [1.807, 2.05) is 42.5 Å². The molecule has 3 aromatic rings. The third-order valence-corrected chi connectivity index (χ3v) is 3.83. The number of nitrogens with one attached hydrogen (secondary N) is 2. The molecule has 1 unspecified atom stereocenters. The van der Waals surface area contributed by atoms with Crippen LogP contribution in [-0.2, 0) is 4.74 Å². The van der Waals surface area contributed by atoms with Gasteiger partial charge in [-0.15, -0.1) is 0 Å². The topological polar surface area (TPSA) is 75.0 Å². The van der Waals surface area contributed by atoms with Gasteiger partial charge in [0.2, 0.25) is 0 Å². The number of fused-ring (bicyclic) bond motifs is 1. The average Bonchev–Trinajstić information content (AvgIpc) is 3.09. The molecule has 4 rings (SSSR count). The van der Waals surface area contributed by atoms with Gasteiger partial charge in [0.1, 0.15) is 0 Å². The standard InChI is InChI=1S/C17H12N2O3/c20-16-13(14(18-19-16)10-6-2-1-3-7-10)15-11-8-4-5-9-12(11)17(21)22-15/h1-9,15H,(H2,18,19,20). The van der Waals surface area contributed by atoms with E-state index in [0.717, 1.165) is 11.1 Å². The van der Waals surface area contributed by atoms with Crippen molar-refractivity contribution in [2.24, 2.45) is 0 Å². The highest BCUT2D eigenvalue weighted by atomic mass is 16.5. The second-order valence-electron chi connectivity index (χ2n) is 5.11. The van der Waals surface area contributed by atoms with Gasteiger partial charge in [0.25, 0.3) is 5.56 Å². The molecule has 1 aliphatic rings. The first-order valence-electron chi connectivity index (χ1n) is 6.91. The molecule has 5 heteroatoms. The molecule has 2 heterocycles. The molecule has 1 aromatic heterocycles. The summed E-state index contributed by atoms with van der Waals surface area (Å²) in [5.41, 5.74) is 2.86. The summed E-state index contributed by atoms with van der Waals surface area (Å²) < 4.78 is 5.44. The summed E-state index contributed by atoms with van der Waals surface area (Å²) in [4.78, 5) is 24.2. The Hall–Kier alpha value is -3.08. The first-order chi connectivity index (χ1) is 10.8. The Bertz CT molecular complexity index is 909. The fraction of sp³-hybridized carbons (Fsp3) is 0.0588. The van der Waals surface area contributed by atoms with Gasteiger partial charge in [-0.3, -0.25) is 15.0 Å². The smallest absolute Gasteiger partial charge is 0.339 e. The number of aromatic amines is 2. The fourth-order valence-electron chi connectivity index (χ4n) is 2.81. The molecule has 5 nitrogen and oxygen atoms in total. The first kappa shape index (κ1) is 12.6.